The molecule has 0 bridgehead atoms. The monoisotopic (exact) mass is 305 g/mol. The molecular weight excluding hydrogens is 283 g/mol. The van der Waals surface area contributed by atoms with Gasteiger partial charge in [0, 0.05) is 44.8 Å². The Morgan fingerprint density at radius 2 is 1.76 bits per heavy atom. The zero-order chi connectivity index (χ0) is 11.9. The number of nitrogens with zero attached hydrogens (tertiary/aromatic N) is 1. The van der Waals surface area contributed by atoms with Crippen LogP contribution < -0.4 is 0 Å². The Bertz CT molecular complexity index is 390. The minimum atomic E-state index is 0. The fraction of sp³-hybridized carbons (Fsp3) is 0.533. The number of fused-ring (bicyclic) bond motifs is 1. The molecule has 0 saturated heterocycles. The number of rotatable bonds is 1. The van der Waals surface area contributed by atoms with Gasteiger partial charge in [-0.15, -0.1) is 11.6 Å². The molecule has 1 aliphatic heterocycles. The molecule has 0 saturated carbocycles. The molecular formula is C15H22NY-. The third-order valence-electron chi connectivity index (χ3n) is 3.47. The van der Waals surface area contributed by atoms with E-state index in [1.807, 2.05) is 0 Å². The summed E-state index contributed by atoms with van der Waals surface area (Å²) in [6, 6.07) is 6.71. The van der Waals surface area contributed by atoms with Crippen molar-refractivity contribution in [3.63, 3.8) is 0 Å². The van der Waals surface area contributed by atoms with Gasteiger partial charge in [-0.1, -0.05) is 25.5 Å². The first-order valence-corrected chi connectivity index (χ1v) is 6.06. The van der Waals surface area contributed by atoms with Gasteiger partial charge < -0.3 is 4.90 Å². The molecule has 1 aliphatic rings. The molecule has 91 valence electrons. The van der Waals surface area contributed by atoms with Crippen LogP contribution in [0.5, 0.6) is 0 Å². The maximum absolute atomic E-state index is 2.55. The van der Waals surface area contributed by atoms with Gasteiger partial charge in [0.2, 0.25) is 0 Å². The van der Waals surface area contributed by atoms with Gasteiger partial charge in [-0.3, -0.25) is 0 Å². The summed E-state index contributed by atoms with van der Waals surface area (Å²) < 4.78 is 0. The maximum Gasteiger partial charge on any atom is 0.0121 e. The summed E-state index contributed by atoms with van der Waals surface area (Å²) in [4.78, 5) is 2.55. The van der Waals surface area contributed by atoms with E-state index in [0.29, 0.717) is 0 Å². The smallest absolute Gasteiger partial charge is 0.0121 e. The average Bonchev–Trinajstić information content (AvgIpc) is 2.59. The van der Waals surface area contributed by atoms with Gasteiger partial charge in [0.25, 0.3) is 0 Å². The van der Waals surface area contributed by atoms with Crippen LogP contribution in [-0.4, -0.2) is 10.4 Å². The van der Waals surface area contributed by atoms with E-state index in [4.69, 9.17) is 0 Å². The van der Waals surface area contributed by atoms with Crippen LogP contribution in [0, 0.1) is 5.92 Å². The summed E-state index contributed by atoms with van der Waals surface area (Å²) in [5, 5.41) is 0. The molecule has 1 aromatic rings. The molecule has 1 aromatic carbocycles. The van der Waals surface area contributed by atoms with Crippen LogP contribution in [0.3, 0.4) is 0 Å². The zero-order valence-corrected chi connectivity index (χ0v) is 14.5. The molecule has 17 heavy (non-hydrogen) atoms. The Balaban J connectivity index is 0.00000144. The van der Waals surface area contributed by atoms with Gasteiger partial charge in [-0.2, -0.15) is 17.5 Å². The molecule has 1 radical (unpaired) electrons. The van der Waals surface area contributed by atoms with Crippen molar-refractivity contribution in [1.82, 2.24) is 4.90 Å². The van der Waals surface area contributed by atoms with Crippen LogP contribution in [0.2, 0.25) is 0 Å². The van der Waals surface area contributed by atoms with Crippen molar-refractivity contribution < 1.29 is 32.7 Å². The SMILES string of the molecule is C[C-](C)c1cccc2c1CN(C(C)(C)C)C2.[Y]. The molecule has 2 heteroatoms. The van der Waals surface area contributed by atoms with Gasteiger partial charge in [0.05, 0.1) is 0 Å². The van der Waals surface area contributed by atoms with Crippen molar-refractivity contribution in [2.45, 2.75) is 53.2 Å². The zero-order valence-electron chi connectivity index (χ0n) is 11.7. The minimum absolute atomic E-state index is 0. The van der Waals surface area contributed by atoms with E-state index < -0.39 is 0 Å². The standard InChI is InChI=1S/C15H22N.Y/c1-11(2)13-8-6-7-12-9-16(10-14(12)13)15(3,4)5;/h6-8H,9-10H2,1-5H3;/q-1;. The third-order valence-corrected chi connectivity index (χ3v) is 3.47. The third kappa shape index (κ3) is 3.13. The van der Waals surface area contributed by atoms with Crippen molar-refractivity contribution in [2.75, 3.05) is 0 Å². The van der Waals surface area contributed by atoms with E-state index in [0.717, 1.165) is 13.1 Å². The minimum Gasteiger partial charge on any atom is -0.302 e. The summed E-state index contributed by atoms with van der Waals surface area (Å²) in [6.45, 7) is 13.5. The van der Waals surface area contributed by atoms with Crippen LogP contribution >= 0.6 is 0 Å². The Morgan fingerprint density at radius 3 is 2.29 bits per heavy atom. The molecule has 0 fully saturated rings. The summed E-state index contributed by atoms with van der Waals surface area (Å²) in [5.74, 6) is 1.42. The first kappa shape index (κ1) is 15.2. The number of hydrogen-bond donors (Lipinski definition) is 0. The van der Waals surface area contributed by atoms with E-state index >= 15 is 0 Å². The van der Waals surface area contributed by atoms with Crippen LogP contribution in [0.4, 0.5) is 0 Å². The second-order valence-electron chi connectivity index (χ2n) is 5.97. The number of hydrogen-bond acceptors (Lipinski definition) is 1. The molecule has 0 unspecified atom stereocenters. The van der Waals surface area contributed by atoms with E-state index in [2.05, 4.69) is 57.7 Å². The Hall–Kier alpha value is 0.154. The Morgan fingerprint density at radius 1 is 1.12 bits per heavy atom. The van der Waals surface area contributed by atoms with E-state index in [1.165, 1.54) is 22.6 Å². The molecule has 0 aliphatic carbocycles. The fourth-order valence-electron chi connectivity index (χ4n) is 2.36. The Labute approximate surface area is 131 Å². The van der Waals surface area contributed by atoms with Crippen molar-refractivity contribution in [1.29, 1.82) is 0 Å². The predicted molar refractivity (Wildman–Crippen MR) is 69.1 cm³/mol. The van der Waals surface area contributed by atoms with Crippen LogP contribution in [0.15, 0.2) is 18.2 Å². The largest absolute Gasteiger partial charge is 0.302 e. The topological polar surface area (TPSA) is 3.24 Å². The van der Waals surface area contributed by atoms with Gasteiger partial charge in [-0.25, -0.2) is 0 Å². The van der Waals surface area contributed by atoms with E-state index in [9.17, 15) is 0 Å². The van der Waals surface area contributed by atoms with Crippen LogP contribution in [-0.2, 0) is 45.8 Å². The van der Waals surface area contributed by atoms with Gasteiger partial charge >= 0.3 is 0 Å². The van der Waals surface area contributed by atoms with E-state index in [-0.39, 0.29) is 38.2 Å². The fourth-order valence-corrected chi connectivity index (χ4v) is 2.36. The van der Waals surface area contributed by atoms with Crippen LogP contribution in [0.25, 0.3) is 0 Å². The molecule has 0 N–H and O–H groups in total. The molecule has 2 rings (SSSR count). The molecule has 0 aromatic heterocycles. The number of benzene rings is 1. The average molecular weight is 305 g/mol. The van der Waals surface area contributed by atoms with Gasteiger partial charge in [-0.05, 0) is 27.3 Å². The maximum atomic E-state index is 2.55. The van der Waals surface area contributed by atoms with Gasteiger partial charge in [0.15, 0.2) is 0 Å². The first-order valence-electron chi connectivity index (χ1n) is 6.06. The summed E-state index contributed by atoms with van der Waals surface area (Å²) >= 11 is 0. The van der Waals surface area contributed by atoms with Gasteiger partial charge in [0.1, 0.15) is 0 Å². The summed E-state index contributed by atoms with van der Waals surface area (Å²) in [5.41, 5.74) is 4.76. The normalized spacial score (nSPS) is 15.4. The van der Waals surface area contributed by atoms with Crippen LogP contribution in [0.1, 0.15) is 51.3 Å². The summed E-state index contributed by atoms with van der Waals surface area (Å²) in [6.07, 6.45) is 0. The van der Waals surface area contributed by atoms with E-state index in [1.54, 1.807) is 0 Å². The first-order chi connectivity index (χ1) is 7.39. The van der Waals surface area contributed by atoms with Crippen molar-refractivity contribution >= 4 is 0 Å². The summed E-state index contributed by atoms with van der Waals surface area (Å²) in [7, 11) is 0. The molecule has 0 spiro atoms. The second-order valence-corrected chi connectivity index (χ2v) is 5.97. The molecule has 0 atom stereocenters. The quantitative estimate of drug-likeness (QED) is 0.714. The molecule has 0 amide bonds. The van der Waals surface area contributed by atoms with Crippen molar-refractivity contribution in [3.8, 4) is 0 Å². The Kier molecular flexibility index (Phi) is 4.85. The van der Waals surface area contributed by atoms with Crippen molar-refractivity contribution in [2.24, 2.45) is 0 Å². The van der Waals surface area contributed by atoms with Crippen molar-refractivity contribution in [3.05, 3.63) is 40.8 Å². The second kappa shape index (κ2) is 5.42. The molecule has 1 nitrogen and oxygen atoms in total. The predicted octanol–water partition coefficient (Wildman–Crippen LogP) is 3.76. The molecule has 1 heterocycles.